The van der Waals surface area contributed by atoms with Gasteiger partial charge in [-0.2, -0.15) is 0 Å². The second-order valence-electron chi connectivity index (χ2n) is 7.80. The molecule has 166 valence electrons. The van der Waals surface area contributed by atoms with Crippen LogP contribution in [0.3, 0.4) is 0 Å². The minimum Gasteiger partial charge on any atom is -0.261 e. The molecule has 3 aromatic carbocycles. The number of hydrogen-bond donors (Lipinski definition) is 0. The van der Waals surface area contributed by atoms with Gasteiger partial charge in [-0.25, -0.2) is 18.4 Å². The Labute approximate surface area is 202 Å². The standard InChI is InChI=1S/C25H20ClN3O2S2/c1-17-6-8-18(9-7-17)15-29-22-5-3-2-4-21(22)24-23(33(29,30)31)14-27-25(28-24)32-16-19-10-12-20(26)13-11-19/h2-14H,15-16H2,1H3. The van der Waals surface area contributed by atoms with E-state index in [1.807, 2.05) is 79.7 Å². The van der Waals surface area contributed by atoms with Crippen LogP contribution < -0.4 is 4.31 Å². The molecular weight excluding hydrogens is 474 g/mol. The average molecular weight is 494 g/mol. The maximum Gasteiger partial charge on any atom is 0.268 e. The molecule has 0 fully saturated rings. The number of thioether (sulfide) groups is 1. The number of hydrogen-bond acceptors (Lipinski definition) is 5. The summed E-state index contributed by atoms with van der Waals surface area (Å²) >= 11 is 7.42. The van der Waals surface area contributed by atoms with Gasteiger partial charge in [0.25, 0.3) is 10.0 Å². The van der Waals surface area contributed by atoms with Gasteiger partial charge in [0.05, 0.1) is 24.1 Å². The lowest BCUT2D eigenvalue weighted by molar-refractivity contribution is 0.588. The molecule has 0 unspecified atom stereocenters. The summed E-state index contributed by atoms with van der Waals surface area (Å²) in [5.41, 5.74) is 4.98. The minimum absolute atomic E-state index is 0.129. The summed E-state index contributed by atoms with van der Waals surface area (Å²) in [6, 6.07) is 23.0. The fourth-order valence-corrected chi connectivity index (χ4v) is 6.16. The quantitative estimate of drug-likeness (QED) is 0.248. The molecule has 4 aromatic rings. The highest BCUT2D eigenvalue weighted by atomic mass is 35.5. The first-order valence-electron chi connectivity index (χ1n) is 10.3. The van der Waals surface area contributed by atoms with Crippen molar-refractivity contribution in [2.24, 2.45) is 0 Å². The van der Waals surface area contributed by atoms with E-state index in [1.54, 1.807) is 0 Å². The molecule has 0 radical (unpaired) electrons. The highest BCUT2D eigenvalue weighted by molar-refractivity contribution is 7.98. The number of fused-ring (bicyclic) bond motifs is 3. The Morgan fingerprint density at radius 2 is 1.64 bits per heavy atom. The predicted molar refractivity (Wildman–Crippen MR) is 133 cm³/mol. The van der Waals surface area contributed by atoms with E-state index in [-0.39, 0.29) is 11.4 Å². The number of sulfonamides is 1. The summed E-state index contributed by atoms with van der Waals surface area (Å²) in [5.74, 6) is 0.657. The van der Waals surface area contributed by atoms with E-state index in [0.29, 0.717) is 27.3 Å². The van der Waals surface area contributed by atoms with Gasteiger partial charge in [-0.1, -0.05) is 83.5 Å². The molecule has 0 aliphatic carbocycles. The third-order valence-corrected chi connectivity index (χ3v) is 8.40. The highest BCUT2D eigenvalue weighted by Crippen LogP contribution is 2.43. The van der Waals surface area contributed by atoms with E-state index in [2.05, 4.69) is 9.97 Å². The third kappa shape index (κ3) is 4.36. The van der Waals surface area contributed by atoms with Gasteiger partial charge in [-0.15, -0.1) is 0 Å². The summed E-state index contributed by atoms with van der Waals surface area (Å²) in [7, 11) is -3.81. The Kier molecular flexibility index (Phi) is 5.86. The molecule has 2 heterocycles. The lowest BCUT2D eigenvalue weighted by Crippen LogP contribution is -2.34. The highest BCUT2D eigenvalue weighted by Gasteiger charge is 2.36. The van der Waals surface area contributed by atoms with Crippen LogP contribution in [0.15, 0.2) is 89.0 Å². The first-order valence-corrected chi connectivity index (χ1v) is 13.1. The Morgan fingerprint density at radius 3 is 2.39 bits per heavy atom. The van der Waals surface area contributed by atoms with Crippen LogP contribution >= 0.6 is 23.4 Å². The van der Waals surface area contributed by atoms with Gasteiger partial charge in [0.1, 0.15) is 4.90 Å². The van der Waals surface area contributed by atoms with Crippen LogP contribution in [0.1, 0.15) is 16.7 Å². The van der Waals surface area contributed by atoms with Gasteiger partial charge in [0.2, 0.25) is 0 Å². The lowest BCUT2D eigenvalue weighted by atomic mass is 10.1. The predicted octanol–water partition coefficient (Wildman–Crippen LogP) is 6.11. The molecule has 8 heteroatoms. The molecular formula is C25H20ClN3O2S2. The zero-order chi connectivity index (χ0) is 23.0. The van der Waals surface area contributed by atoms with E-state index in [9.17, 15) is 8.42 Å². The first kappa shape index (κ1) is 21.9. The fourth-order valence-electron chi connectivity index (χ4n) is 3.70. The van der Waals surface area contributed by atoms with Crippen LogP contribution in [0.5, 0.6) is 0 Å². The lowest BCUT2D eigenvalue weighted by Gasteiger charge is -2.31. The minimum atomic E-state index is -3.81. The molecule has 1 aliphatic heterocycles. The van der Waals surface area contributed by atoms with Crippen molar-refractivity contribution in [2.75, 3.05) is 4.31 Å². The largest absolute Gasteiger partial charge is 0.268 e. The molecule has 5 rings (SSSR count). The number of halogens is 1. The van der Waals surface area contributed by atoms with E-state index < -0.39 is 10.0 Å². The molecule has 0 bridgehead atoms. The van der Waals surface area contributed by atoms with Crippen molar-refractivity contribution in [3.05, 3.63) is 101 Å². The van der Waals surface area contributed by atoms with Crippen LogP contribution in [-0.4, -0.2) is 18.4 Å². The number of aryl methyl sites for hydroxylation is 1. The SMILES string of the molecule is Cc1ccc(CN2c3ccccc3-c3nc(SCc4ccc(Cl)cc4)ncc3S2(=O)=O)cc1. The Bertz CT molecular complexity index is 1420. The van der Waals surface area contributed by atoms with Crippen molar-refractivity contribution < 1.29 is 8.42 Å². The summed E-state index contributed by atoms with van der Waals surface area (Å²) in [6.45, 7) is 2.25. The number of para-hydroxylation sites is 1. The summed E-state index contributed by atoms with van der Waals surface area (Å²) in [4.78, 5) is 9.15. The Hall–Kier alpha value is -2.87. The van der Waals surface area contributed by atoms with Gasteiger partial charge < -0.3 is 0 Å². The van der Waals surface area contributed by atoms with Crippen LogP contribution in [-0.2, 0) is 22.3 Å². The van der Waals surface area contributed by atoms with Gasteiger partial charge in [-0.3, -0.25) is 4.31 Å². The Balaban J connectivity index is 1.50. The van der Waals surface area contributed by atoms with Gasteiger partial charge >= 0.3 is 0 Å². The maximum absolute atomic E-state index is 13.6. The van der Waals surface area contributed by atoms with E-state index in [0.717, 1.165) is 22.3 Å². The average Bonchev–Trinajstić information content (AvgIpc) is 2.82. The molecule has 0 amide bonds. The number of rotatable bonds is 5. The normalized spacial score (nSPS) is 13.9. The molecule has 5 nitrogen and oxygen atoms in total. The van der Waals surface area contributed by atoms with Crippen molar-refractivity contribution >= 4 is 39.1 Å². The van der Waals surface area contributed by atoms with Crippen LogP contribution in [0, 0.1) is 6.92 Å². The van der Waals surface area contributed by atoms with Crippen LogP contribution in [0.4, 0.5) is 5.69 Å². The molecule has 0 saturated carbocycles. The second kappa shape index (κ2) is 8.82. The first-order chi connectivity index (χ1) is 15.9. The van der Waals surface area contributed by atoms with Gasteiger partial charge in [-0.05, 0) is 36.2 Å². The van der Waals surface area contributed by atoms with Crippen LogP contribution in [0.25, 0.3) is 11.3 Å². The molecule has 0 spiro atoms. The van der Waals surface area contributed by atoms with Crippen molar-refractivity contribution in [3.63, 3.8) is 0 Å². The van der Waals surface area contributed by atoms with Crippen LogP contribution in [0.2, 0.25) is 5.02 Å². The monoisotopic (exact) mass is 493 g/mol. The zero-order valence-electron chi connectivity index (χ0n) is 17.8. The van der Waals surface area contributed by atoms with E-state index in [1.165, 1.54) is 22.3 Å². The van der Waals surface area contributed by atoms with Gasteiger partial charge in [0, 0.05) is 16.3 Å². The number of aromatic nitrogens is 2. The summed E-state index contributed by atoms with van der Waals surface area (Å²) < 4.78 is 28.6. The number of benzene rings is 3. The zero-order valence-corrected chi connectivity index (χ0v) is 20.2. The topological polar surface area (TPSA) is 63.2 Å². The molecule has 1 aliphatic rings. The fraction of sp³-hybridized carbons (Fsp3) is 0.120. The van der Waals surface area contributed by atoms with Crippen molar-refractivity contribution in [3.8, 4) is 11.3 Å². The van der Waals surface area contributed by atoms with Crippen molar-refractivity contribution in [1.29, 1.82) is 0 Å². The molecule has 1 aromatic heterocycles. The van der Waals surface area contributed by atoms with Crippen molar-refractivity contribution in [2.45, 2.75) is 29.3 Å². The van der Waals surface area contributed by atoms with E-state index >= 15 is 0 Å². The summed E-state index contributed by atoms with van der Waals surface area (Å²) in [5, 5.41) is 1.21. The van der Waals surface area contributed by atoms with E-state index in [4.69, 9.17) is 11.6 Å². The molecule has 0 saturated heterocycles. The third-order valence-electron chi connectivity index (χ3n) is 5.46. The number of anilines is 1. The number of nitrogens with zero attached hydrogens (tertiary/aromatic N) is 3. The van der Waals surface area contributed by atoms with Crippen molar-refractivity contribution in [1.82, 2.24) is 9.97 Å². The molecule has 33 heavy (non-hydrogen) atoms. The summed E-state index contributed by atoms with van der Waals surface area (Å²) in [6.07, 6.45) is 1.43. The molecule has 0 N–H and O–H groups in total. The molecule has 0 atom stereocenters. The maximum atomic E-state index is 13.6. The second-order valence-corrected chi connectivity index (χ2v) is 11.0. The Morgan fingerprint density at radius 1 is 0.939 bits per heavy atom. The van der Waals surface area contributed by atoms with Gasteiger partial charge in [0.15, 0.2) is 5.16 Å². The smallest absolute Gasteiger partial charge is 0.261 e.